The molecule has 0 saturated heterocycles. The number of furan rings is 1. The lowest BCUT2D eigenvalue weighted by Gasteiger charge is -1.72. The summed E-state index contributed by atoms with van der Waals surface area (Å²) in [6.45, 7) is 0. The summed E-state index contributed by atoms with van der Waals surface area (Å²) in [6, 6.07) is 3.18. The van der Waals surface area contributed by atoms with Gasteiger partial charge in [0.2, 0.25) is 0 Å². The maximum Gasteiger partial charge on any atom is 0.350 e. The molecule has 0 N–H and O–H groups in total. The summed E-state index contributed by atoms with van der Waals surface area (Å²) in [4.78, 5) is 22.0. The molecule has 0 bridgehead atoms. The summed E-state index contributed by atoms with van der Waals surface area (Å²) in [5.41, 5.74) is -0.0543. The second kappa shape index (κ2) is 1.50. The molecule has 0 aliphatic heterocycles. The Hall–Kier alpha value is -1.84. The molecule has 4 nitrogen and oxygen atoms in total. The second-order valence-corrected chi connectivity index (χ2v) is 2.59. The molecule has 3 aromatic rings. The normalized spacial score (nSPS) is 12.0. The summed E-state index contributed by atoms with van der Waals surface area (Å²) in [5, 5.41) is 0.578. The zero-order valence-corrected chi connectivity index (χ0v) is 5.79. The van der Waals surface area contributed by atoms with Crippen LogP contribution < -0.4 is 11.3 Å². The van der Waals surface area contributed by atoms with Gasteiger partial charge in [-0.25, -0.2) is 9.59 Å². The third-order valence-electron chi connectivity index (χ3n) is 1.90. The van der Waals surface area contributed by atoms with Crippen molar-refractivity contribution in [2.45, 2.75) is 0 Å². The molecule has 0 aliphatic rings. The summed E-state index contributed by atoms with van der Waals surface area (Å²) >= 11 is 0. The number of rotatable bonds is 0. The Morgan fingerprint density at radius 2 is 1.83 bits per heavy atom. The van der Waals surface area contributed by atoms with E-state index in [2.05, 4.69) is 4.42 Å². The minimum absolute atomic E-state index is 0.275. The van der Waals surface area contributed by atoms with Crippen molar-refractivity contribution >= 4 is 21.9 Å². The Bertz CT molecular complexity index is 645. The number of hydrogen-bond acceptors (Lipinski definition) is 4. The Morgan fingerprint density at radius 3 is 2.67 bits per heavy atom. The van der Waals surface area contributed by atoms with E-state index >= 15 is 0 Å². The zero-order valence-electron chi connectivity index (χ0n) is 5.79. The van der Waals surface area contributed by atoms with E-state index in [9.17, 15) is 9.59 Å². The Balaban J connectivity index is 2.85. The van der Waals surface area contributed by atoms with E-state index in [4.69, 9.17) is 4.42 Å². The lowest BCUT2D eigenvalue weighted by Crippen LogP contribution is -1.94. The maximum absolute atomic E-state index is 11.0. The Labute approximate surface area is 64.7 Å². The van der Waals surface area contributed by atoms with Crippen LogP contribution in [0.5, 0.6) is 0 Å². The number of hydrogen-bond donors (Lipinski definition) is 0. The fourth-order valence-electron chi connectivity index (χ4n) is 1.30. The molecular formula is C8H2O4. The second-order valence-electron chi connectivity index (χ2n) is 2.59. The fraction of sp³-hybridized carbons (Fsp3) is 0. The van der Waals surface area contributed by atoms with Gasteiger partial charge in [-0.15, -0.1) is 0 Å². The first-order valence-corrected chi connectivity index (χ1v) is 3.39. The fourth-order valence-corrected chi connectivity index (χ4v) is 1.30. The quantitative estimate of drug-likeness (QED) is 0.490. The molecule has 0 fully saturated rings. The topological polar surface area (TPSA) is 60.4 Å². The molecular weight excluding hydrogens is 160 g/mol. The predicted octanol–water partition coefficient (Wildman–Crippen LogP) is 0.775. The molecule has 0 aliphatic carbocycles. The molecule has 12 heavy (non-hydrogen) atoms. The monoisotopic (exact) mass is 162 g/mol. The molecule has 4 heteroatoms. The minimum atomic E-state index is -0.607. The van der Waals surface area contributed by atoms with Crippen LogP contribution in [0.4, 0.5) is 0 Å². The molecule has 0 unspecified atom stereocenters. The van der Waals surface area contributed by atoms with Crippen molar-refractivity contribution in [3.05, 3.63) is 33.0 Å². The van der Waals surface area contributed by atoms with Crippen LogP contribution >= 0.6 is 0 Å². The molecule has 3 rings (SSSR count). The lowest BCUT2D eigenvalue weighted by molar-refractivity contribution is 0.500. The van der Waals surface area contributed by atoms with Crippen molar-refractivity contribution in [2.24, 2.45) is 0 Å². The van der Waals surface area contributed by atoms with Gasteiger partial charge in [0.05, 0.1) is 5.39 Å². The zero-order chi connectivity index (χ0) is 8.29. The third kappa shape index (κ3) is 0.492. The SMILES string of the molecule is O=c1oc(=O)c2c1ccc1oc12. The third-order valence-corrected chi connectivity index (χ3v) is 1.90. The van der Waals surface area contributed by atoms with E-state index in [0.29, 0.717) is 16.6 Å². The van der Waals surface area contributed by atoms with Gasteiger partial charge in [-0.3, -0.25) is 0 Å². The van der Waals surface area contributed by atoms with E-state index in [1.54, 1.807) is 6.07 Å². The number of benzene rings is 1. The van der Waals surface area contributed by atoms with Crippen molar-refractivity contribution in [3.63, 3.8) is 0 Å². The van der Waals surface area contributed by atoms with Gasteiger partial charge >= 0.3 is 11.3 Å². The molecule has 0 spiro atoms. The first kappa shape index (κ1) is 5.77. The van der Waals surface area contributed by atoms with Crippen LogP contribution in [0.1, 0.15) is 0 Å². The van der Waals surface area contributed by atoms with E-state index in [1.165, 1.54) is 6.07 Å². The van der Waals surface area contributed by atoms with Gasteiger partial charge in [0.15, 0.2) is 11.2 Å². The largest absolute Gasteiger partial charge is 0.449 e. The van der Waals surface area contributed by atoms with Crippen LogP contribution in [-0.2, 0) is 0 Å². The van der Waals surface area contributed by atoms with Crippen LogP contribution in [0, 0.1) is 0 Å². The van der Waals surface area contributed by atoms with Crippen molar-refractivity contribution in [3.8, 4) is 0 Å². The Morgan fingerprint density at radius 1 is 1.00 bits per heavy atom. The van der Waals surface area contributed by atoms with E-state index < -0.39 is 11.3 Å². The van der Waals surface area contributed by atoms with Gasteiger partial charge in [0.25, 0.3) is 0 Å². The highest BCUT2D eigenvalue weighted by Crippen LogP contribution is 2.29. The van der Waals surface area contributed by atoms with Crippen LogP contribution in [-0.4, -0.2) is 0 Å². The number of fused-ring (bicyclic) bond motifs is 3. The van der Waals surface area contributed by atoms with Gasteiger partial charge in [-0.05, 0) is 12.1 Å². The average molecular weight is 162 g/mol. The van der Waals surface area contributed by atoms with Gasteiger partial charge < -0.3 is 8.83 Å². The molecule has 58 valence electrons. The summed E-state index contributed by atoms with van der Waals surface area (Å²) in [5.74, 6) is 0. The molecule has 0 saturated carbocycles. The summed E-state index contributed by atoms with van der Waals surface area (Å²) in [6.07, 6.45) is 0. The lowest BCUT2D eigenvalue weighted by atomic mass is 10.2. The average Bonchev–Trinajstić information content (AvgIpc) is 2.74. The standard InChI is InChI=1S/C8H2O4/c9-7-3-1-2-4-6(11-4)5(3)8(10)12-7/h1-2H. The highest BCUT2D eigenvalue weighted by molar-refractivity contribution is 6.05. The highest BCUT2D eigenvalue weighted by Gasteiger charge is 2.18. The molecule has 1 aromatic carbocycles. The van der Waals surface area contributed by atoms with Crippen molar-refractivity contribution in [1.29, 1.82) is 0 Å². The van der Waals surface area contributed by atoms with E-state index in [-0.39, 0.29) is 5.39 Å². The van der Waals surface area contributed by atoms with Crippen LogP contribution in [0.3, 0.4) is 0 Å². The van der Waals surface area contributed by atoms with Gasteiger partial charge in [-0.1, -0.05) is 0 Å². The molecule has 0 amide bonds. The maximum atomic E-state index is 11.0. The first-order chi connectivity index (χ1) is 5.77. The van der Waals surface area contributed by atoms with Crippen LogP contribution in [0.15, 0.2) is 30.6 Å². The molecule has 0 radical (unpaired) electrons. The minimum Gasteiger partial charge on any atom is -0.449 e. The van der Waals surface area contributed by atoms with E-state index in [1.807, 2.05) is 0 Å². The van der Waals surface area contributed by atoms with Crippen LogP contribution in [0.25, 0.3) is 21.9 Å². The van der Waals surface area contributed by atoms with Crippen molar-refractivity contribution in [2.75, 3.05) is 0 Å². The first-order valence-electron chi connectivity index (χ1n) is 3.39. The summed E-state index contributed by atoms with van der Waals surface area (Å²) in [7, 11) is 0. The van der Waals surface area contributed by atoms with Gasteiger partial charge in [-0.2, -0.15) is 0 Å². The summed E-state index contributed by atoms with van der Waals surface area (Å²) < 4.78 is 9.33. The van der Waals surface area contributed by atoms with Crippen molar-refractivity contribution < 1.29 is 8.83 Å². The van der Waals surface area contributed by atoms with E-state index in [0.717, 1.165) is 0 Å². The Kier molecular flexibility index (Phi) is 0.721. The molecule has 2 heterocycles. The van der Waals surface area contributed by atoms with Crippen molar-refractivity contribution in [1.82, 2.24) is 0 Å². The predicted molar refractivity (Wildman–Crippen MR) is 40.9 cm³/mol. The smallest absolute Gasteiger partial charge is 0.350 e. The molecule has 2 aromatic heterocycles. The highest BCUT2D eigenvalue weighted by atomic mass is 16.4. The van der Waals surface area contributed by atoms with Crippen LogP contribution in [0.2, 0.25) is 0 Å². The van der Waals surface area contributed by atoms with Gasteiger partial charge in [0, 0.05) is 0 Å². The molecule has 0 atom stereocenters. The van der Waals surface area contributed by atoms with Gasteiger partial charge in [0.1, 0.15) is 5.39 Å².